The Kier molecular flexibility index (Phi) is 2.42. The van der Waals surface area contributed by atoms with Crippen molar-refractivity contribution in [3.8, 4) is 0 Å². The molecule has 1 fully saturated rings. The second-order valence-corrected chi connectivity index (χ2v) is 2.22. The quantitative estimate of drug-likeness (QED) is 0.486. The van der Waals surface area contributed by atoms with Crippen LogP contribution in [0, 0.1) is 0 Å². The predicted molar refractivity (Wildman–Crippen MR) is 33.0 cm³/mol. The van der Waals surface area contributed by atoms with Crippen LogP contribution in [0.4, 0.5) is 4.39 Å². The van der Waals surface area contributed by atoms with E-state index >= 15 is 0 Å². The number of rotatable bonds is 1. The minimum atomic E-state index is -0.811. The summed E-state index contributed by atoms with van der Waals surface area (Å²) in [5.74, 6) is 0. The molecule has 0 aromatic heterocycles. The van der Waals surface area contributed by atoms with Crippen molar-refractivity contribution >= 4 is 0 Å². The van der Waals surface area contributed by atoms with E-state index in [1.54, 1.807) is 11.8 Å². The molecule has 1 atom stereocenters. The molecular weight excluding hydrogens is 121 g/mol. The highest BCUT2D eigenvalue weighted by atomic mass is 19.1. The van der Waals surface area contributed by atoms with Crippen molar-refractivity contribution < 1.29 is 9.13 Å². The number of morpholine rings is 1. The smallest absolute Gasteiger partial charge is 0.150 e. The zero-order valence-corrected chi connectivity index (χ0v) is 5.64. The Morgan fingerprint density at radius 3 is 2.33 bits per heavy atom. The van der Waals surface area contributed by atoms with Crippen LogP contribution in [-0.2, 0) is 4.74 Å². The standard InChI is InChI=1S/C6H12FNO/c1-6(7)8-2-4-9-5-3-8/h6H,2-5H2,1H3. The van der Waals surface area contributed by atoms with E-state index in [-0.39, 0.29) is 0 Å². The van der Waals surface area contributed by atoms with E-state index in [1.165, 1.54) is 0 Å². The summed E-state index contributed by atoms with van der Waals surface area (Å²) in [4.78, 5) is 1.77. The number of nitrogens with zero attached hydrogens (tertiary/aromatic N) is 1. The van der Waals surface area contributed by atoms with E-state index in [4.69, 9.17) is 4.74 Å². The summed E-state index contributed by atoms with van der Waals surface area (Å²) in [6.45, 7) is 4.38. The molecule has 0 saturated carbocycles. The Hall–Kier alpha value is -0.150. The first-order valence-electron chi connectivity index (χ1n) is 3.26. The van der Waals surface area contributed by atoms with Gasteiger partial charge in [0.1, 0.15) is 0 Å². The summed E-state index contributed by atoms with van der Waals surface area (Å²) < 4.78 is 17.5. The fourth-order valence-corrected chi connectivity index (χ4v) is 0.933. The molecule has 54 valence electrons. The molecule has 0 radical (unpaired) electrons. The van der Waals surface area contributed by atoms with E-state index in [1.807, 2.05) is 0 Å². The van der Waals surface area contributed by atoms with Crippen molar-refractivity contribution in [3.63, 3.8) is 0 Å². The minimum Gasteiger partial charge on any atom is -0.379 e. The van der Waals surface area contributed by atoms with Gasteiger partial charge in [0, 0.05) is 13.1 Å². The first-order valence-corrected chi connectivity index (χ1v) is 3.26. The molecule has 1 unspecified atom stereocenters. The molecule has 1 aliphatic rings. The SMILES string of the molecule is CC(F)N1CCOCC1. The number of alkyl halides is 1. The number of ether oxygens (including phenoxy) is 1. The lowest BCUT2D eigenvalue weighted by Gasteiger charge is -2.27. The maximum atomic E-state index is 12.5. The third kappa shape index (κ3) is 1.91. The van der Waals surface area contributed by atoms with Crippen molar-refractivity contribution in [1.82, 2.24) is 4.90 Å². The molecule has 1 aliphatic heterocycles. The van der Waals surface area contributed by atoms with Gasteiger partial charge in [-0.05, 0) is 6.92 Å². The minimum absolute atomic E-state index is 0.675. The van der Waals surface area contributed by atoms with Gasteiger partial charge in [-0.25, -0.2) is 4.39 Å². The van der Waals surface area contributed by atoms with Crippen LogP contribution in [0.1, 0.15) is 6.92 Å². The largest absolute Gasteiger partial charge is 0.379 e. The Morgan fingerprint density at radius 2 is 2.00 bits per heavy atom. The van der Waals surface area contributed by atoms with Crippen LogP contribution in [0.2, 0.25) is 0 Å². The molecule has 0 spiro atoms. The molecule has 0 aromatic carbocycles. The Labute approximate surface area is 54.6 Å². The molecule has 3 heteroatoms. The third-order valence-corrected chi connectivity index (χ3v) is 1.55. The van der Waals surface area contributed by atoms with E-state index in [0.29, 0.717) is 13.2 Å². The van der Waals surface area contributed by atoms with Gasteiger partial charge in [0.2, 0.25) is 0 Å². The molecule has 0 bridgehead atoms. The van der Waals surface area contributed by atoms with Crippen molar-refractivity contribution in [2.45, 2.75) is 13.2 Å². The van der Waals surface area contributed by atoms with Crippen LogP contribution in [0.25, 0.3) is 0 Å². The fourth-order valence-electron chi connectivity index (χ4n) is 0.933. The van der Waals surface area contributed by atoms with E-state index in [0.717, 1.165) is 13.1 Å². The lowest BCUT2D eigenvalue weighted by atomic mass is 10.4. The maximum Gasteiger partial charge on any atom is 0.150 e. The van der Waals surface area contributed by atoms with Gasteiger partial charge in [-0.2, -0.15) is 0 Å². The molecular formula is C6H12FNO. The summed E-state index contributed by atoms with van der Waals surface area (Å²) in [6, 6.07) is 0. The topological polar surface area (TPSA) is 12.5 Å². The van der Waals surface area contributed by atoms with Gasteiger partial charge in [-0.15, -0.1) is 0 Å². The average molecular weight is 133 g/mol. The van der Waals surface area contributed by atoms with Crippen molar-refractivity contribution in [2.75, 3.05) is 26.3 Å². The van der Waals surface area contributed by atoms with Gasteiger partial charge in [0.25, 0.3) is 0 Å². The summed E-state index contributed by atoms with van der Waals surface area (Å²) in [5, 5.41) is 0. The normalized spacial score (nSPS) is 26.0. The second kappa shape index (κ2) is 3.13. The average Bonchev–Trinajstić information content (AvgIpc) is 1.90. The van der Waals surface area contributed by atoms with Crippen LogP contribution in [0.3, 0.4) is 0 Å². The number of hydrogen-bond donors (Lipinski definition) is 0. The summed E-state index contributed by atoms with van der Waals surface area (Å²) in [6.07, 6.45) is -0.811. The molecule has 1 rings (SSSR count). The molecule has 1 heterocycles. The highest BCUT2D eigenvalue weighted by Gasteiger charge is 2.14. The maximum absolute atomic E-state index is 12.5. The van der Waals surface area contributed by atoms with Gasteiger partial charge in [-0.1, -0.05) is 0 Å². The second-order valence-electron chi connectivity index (χ2n) is 2.22. The lowest BCUT2D eigenvalue weighted by Crippen LogP contribution is -2.40. The van der Waals surface area contributed by atoms with Crippen molar-refractivity contribution in [3.05, 3.63) is 0 Å². The molecule has 0 aliphatic carbocycles. The van der Waals surface area contributed by atoms with Crippen LogP contribution in [-0.4, -0.2) is 37.5 Å². The van der Waals surface area contributed by atoms with Crippen LogP contribution in [0.15, 0.2) is 0 Å². The number of hydrogen-bond acceptors (Lipinski definition) is 2. The zero-order valence-electron chi connectivity index (χ0n) is 5.64. The first kappa shape index (κ1) is 6.96. The Morgan fingerprint density at radius 1 is 1.44 bits per heavy atom. The highest BCUT2D eigenvalue weighted by molar-refractivity contribution is 4.61. The predicted octanol–water partition coefficient (Wildman–Crippen LogP) is 0.634. The summed E-state index contributed by atoms with van der Waals surface area (Å²) >= 11 is 0. The third-order valence-electron chi connectivity index (χ3n) is 1.55. The number of halogens is 1. The molecule has 0 amide bonds. The lowest BCUT2D eigenvalue weighted by molar-refractivity contribution is -0.0135. The van der Waals surface area contributed by atoms with E-state index in [9.17, 15) is 4.39 Å². The summed E-state index contributed by atoms with van der Waals surface area (Å²) in [7, 11) is 0. The van der Waals surface area contributed by atoms with Gasteiger partial charge in [0.15, 0.2) is 6.30 Å². The highest BCUT2D eigenvalue weighted by Crippen LogP contribution is 2.02. The van der Waals surface area contributed by atoms with Crippen LogP contribution in [0.5, 0.6) is 0 Å². The zero-order chi connectivity index (χ0) is 6.69. The van der Waals surface area contributed by atoms with Crippen molar-refractivity contribution in [1.29, 1.82) is 0 Å². The molecule has 9 heavy (non-hydrogen) atoms. The molecule has 1 saturated heterocycles. The van der Waals surface area contributed by atoms with Gasteiger partial charge in [-0.3, -0.25) is 4.90 Å². The fraction of sp³-hybridized carbons (Fsp3) is 1.00. The van der Waals surface area contributed by atoms with Crippen LogP contribution < -0.4 is 0 Å². The van der Waals surface area contributed by atoms with E-state index in [2.05, 4.69) is 0 Å². The Balaban J connectivity index is 2.23. The van der Waals surface area contributed by atoms with Crippen LogP contribution >= 0.6 is 0 Å². The van der Waals surface area contributed by atoms with Gasteiger partial charge in [0.05, 0.1) is 13.2 Å². The van der Waals surface area contributed by atoms with Gasteiger partial charge >= 0.3 is 0 Å². The van der Waals surface area contributed by atoms with Crippen molar-refractivity contribution in [2.24, 2.45) is 0 Å². The molecule has 0 aromatic rings. The monoisotopic (exact) mass is 133 g/mol. The van der Waals surface area contributed by atoms with Gasteiger partial charge < -0.3 is 4.74 Å². The molecule has 0 N–H and O–H groups in total. The Bertz CT molecular complexity index is 81.1. The summed E-state index contributed by atoms with van der Waals surface area (Å²) in [5.41, 5.74) is 0. The van der Waals surface area contributed by atoms with E-state index < -0.39 is 6.30 Å². The molecule has 2 nitrogen and oxygen atoms in total. The first-order chi connectivity index (χ1) is 4.30.